The first-order valence-corrected chi connectivity index (χ1v) is 10.0. The molecule has 0 aliphatic carbocycles. The molecular formula is C20H21FN4O2S. The highest BCUT2D eigenvalue weighted by Gasteiger charge is 2.30. The standard InChI is InChI=1S/C20H21FN4O2S/c1-12-17(28-20(22)24-12)19(26)25-7-3-5-14(11-25)18-23-10-16(27-18)9-13-4-2-6-15(21)8-13/h2,4,6,8,10,14H,3,5,7,9,11H2,1H3,(H2,22,24)/t14-/m1/s1. The number of aromatic nitrogens is 2. The van der Waals surface area contributed by atoms with Crippen molar-refractivity contribution in [3.8, 4) is 0 Å². The summed E-state index contributed by atoms with van der Waals surface area (Å²) in [5.74, 6) is 1.06. The van der Waals surface area contributed by atoms with E-state index >= 15 is 0 Å². The Balaban J connectivity index is 1.45. The van der Waals surface area contributed by atoms with Crippen LogP contribution in [0.25, 0.3) is 0 Å². The van der Waals surface area contributed by atoms with Crippen molar-refractivity contribution >= 4 is 22.4 Å². The number of aryl methyl sites for hydroxylation is 1. The fraction of sp³-hybridized carbons (Fsp3) is 0.350. The van der Waals surface area contributed by atoms with Gasteiger partial charge in [-0.3, -0.25) is 4.79 Å². The number of hydrogen-bond acceptors (Lipinski definition) is 6. The molecule has 1 aliphatic heterocycles. The number of hydrogen-bond donors (Lipinski definition) is 1. The van der Waals surface area contributed by atoms with Crippen molar-refractivity contribution in [2.75, 3.05) is 18.8 Å². The monoisotopic (exact) mass is 400 g/mol. The van der Waals surface area contributed by atoms with E-state index in [0.29, 0.717) is 46.9 Å². The van der Waals surface area contributed by atoms with Gasteiger partial charge in [-0.05, 0) is 37.5 Å². The first kappa shape index (κ1) is 18.6. The lowest BCUT2D eigenvalue weighted by atomic mass is 9.98. The lowest BCUT2D eigenvalue weighted by Crippen LogP contribution is -2.39. The number of amides is 1. The average molecular weight is 400 g/mol. The van der Waals surface area contributed by atoms with Gasteiger partial charge in [0.1, 0.15) is 16.5 Å². The molecule has 3 aromatic rings. The molecule has 8 heteroatoms. The third-order valence-electron chi connectivity index (χ3n) is 4.90. The highest BCUT2D eigenvalue weighted by Crippen LogP contribution is 2.30. The molecule has 1 fully saturated rings. The fourth-order valence-corrected chi connectivity index (χ4v) is 4.37. The number of piperidine rings is 1. The predicted molar refractivity (Wildman–Crippen MR) is 105 cm³/mol. The number of nitrogens with zero attached hydrogens (tertiary/aromatic N) is 3. The predicted octanol–water partition coefficient (Wildman–Crippen LogP) is 3.77. The van der Waals surface area contributed by atoms with Gasteiger partial charge in [0, 0.05) is 19.5 Å². The Hall–Kier alpha value is -2.74. The van der Waals surface area contributed by atoms with Crippen molar-refractivity contribution in [2.24, 2.45) is 0 Å². The van der Waals surface area contributed by atoms with E-state index in [2.05, 4.69) is 9.97 Å². The number of likely N-dealkylation sites (tertiary alicyclic amines) is 1. The van der Waals surface area contributed by atoms with Crippen LogP contribution in [0.15, 0.2) is 34.9 Å². The normalized spacial score (nSPS) is 17.1. The molecule has 3 heterocycles. The van der Waals surface area contributed by atoms with Gasteiger partial charge in [0.2, 0.25) is 0 Å². The molecule has 0 radical (unpaired) electrons. The van der Waals surface area contributed by atoms with Gasteiger partial charge in [0.25, 0.3) is 5.91 Å². The molecule has 1 atom stereocenters. The van der Waals surface area contributed by atoms with Crippen LogP contribution in [0.3, 0.4) is 0 Å². The molecule has 28 heavy (non-hydrogen) atoms. The van der Waals surface area contributed by atoms with E-state index in [-0.39, 0.29) is 17.6 Å². The van der Waals surface area contributed by atoms with Crippen LogP contribution in [-0.2, 0) is 6.42 Å². The van der Waals surface area contributed by atoms with Crippen LogP contribution in [0.2, 0.25) is 0 Å². The summed E-state index contributed by atoms with van der Waals surface area (Å²) < 4.78 is 19.3. The molecule has 0 bridgehead atoms. The van der Waals surface area contributed by atoms with Gasteiger partial charge in [-0.15, -0.1) is 0 Å². The Morgan fingerprint density at radius 3 is 3.07 bits per heavy atom. The van der Waals surface area contributed by atoms with Gasteiger partial charge < -0.3 is 15.1 Å². The highest BCUT2D eigenvalue weighted by molar-refractivity contribution is 7.17. The lowest BCUT2D eigenvalue weighted by Gasteiger charge is -2.31. The van der Waals surface area contributed by atoms with E-state index in [1.165, 1.54) is 23.5 Å². The second kappa shape index (κ2) is 7.71. The van der Waals surface area contributed by atoms with Crippen molar-refractivity contribution in [1.29, 1.82) is 0 Å². The Morgan fingerprint density at radius 1 is 1.46 bits per heavy atom. The maximum Gasteiger partial charge on any atom is 0.265 e. The second-order valence-electron chi connectivity index (χ2n) is 7.03. The van der Waals surface area contributed by atoms with E-state index in [1.54, 1.807) is 19.2 Å². The summed E-state index contributed by atoms with van der Waals surface area (Å²) in [5, 5.41) is 0.407. The summed E-state index contributed by atoms with van der Waals surface area (Å²) in [6.07, 6.45) is 3.97. The summed E-state index contributed by atoms with van der Waals surface area (Å²) in [4.78, 5) is 23.8. The number of rotatable bonds is 4. The van der Waals surface area contributed by atoms with Crippen molar-refractivity contribution in [1.82, 2.24) is 14.9 Å². The summed E-state index contributed by atoms with van der Waals surface area (Å²) in [7, 11) is 0. The molecule has 6 nitrogen and oxygen atoms in total. The minimum Gasteiger partial charge on any atom is -0.445 e. The van der Waals surface area contributed by atoms with E-state index in [4.69, 9.17) is 10.2 Å². The van der Waals surface area contributed by atoms with E-state index in [9.17, 15) is 9.18 Å². The summed E-state index contributed by atoms with van der Waals surface area (Å²) in [5.41, 5.74) is 7.23. The number of thiazole rings is 1. The quantitative estimate of drug-likeness (QED) is 0.721. The minimum atomic E-state index is -0.266. The smallest absolute Gasteiger partial charge is 0.265 e. The van der Waals surface area contributed by atoms with Gasteiger partial charge in [-0.1, -0.05) is 23.5 Å². The zero-order valence-corrected chi connectivity index (χ0v) is 16.3. The SMILES string of the molecule is Cc1nc(N)sc1C(=O)N1CCC[C@@H](c2ncc(Cc3cccc(F)c3)o2)C1. The maximum atomic E-state index is 13.4. The third-order valence-corrected chi connectivity index (χ3v) is 5.88. The number of oxazole rings is 1. The molecule has 2 N–H and O–H groups in total. The van der Waals surface area contributed by atoms with E-state index in [0.717, 1.165) is 18.4 Å². The Labute approximate surface area is 166 Å². The van der Waals surface area contributed by atoms with Crippen molar-refractivity contribution in [2.45, 2.75) is 32.1 Å². The lowest BCUT2D eigenvalue weighted by molar-refractivity contribution is 0.0702. The third kappa shape index (κ3) is 3.91. The summed E-state index contributed by atoms with van der Waals surface area (Å²) >= 11 is 1.23. The van der Waals surface area contributed by atoms with Gasteiger partial charge in [0.05, 0.1) is 17.8 Å². The molecule has 146 valence electrons. The molecule has 1 aromatic carbocycles. The minimum absolute atomic E-state index is 0.0389. The molecule has 0 saturated carbocycles. The highest BCUT2D eigenvalue weighted by atomic mass is 32.1. The molecule has 0 unspecified atom stereocenters. The van der Waals surface area contributed by atoms with Crippen molar-refractivity contribution < 1.29 is 13.6 Å². The Bertz CT molecular complexity index is 1000. The van der Waals surface area contributed by atoms with Crippen LogP contribution >= 0.6 is 11.3 Å². The Kier molecular flexibility index (Phi) is 5.13. The molecule has 1 saturated heterocycles. The maximum absolute atomic E-state index is 13.4. The van der Waals surface area contributed by atoms with E-state index < -0.39 is 0 Å². The van der Waals surface area contributed by atoms with E-state index in [1.807, 2.05) is 11.0 Å². The molecule has 1 amide bonds. The largest absolute Gasteiger partial charge is 0.445 e. The van der Waals surface area contributed by atoms with Gasteiger partial charge in [-0.2, -0.15) is 0 Å². The van der Waals surface area contributed by atoms with Crippen molar-refractivity contribution in [3.05, 3.63) is 64.1 Å². The second-order valence-corrected chi connectivity index (χ2v) is 8.06. The van der Waals surface area contributed by atoms with Crippen LogP contribution in [0.4, 0.5) is 9.52 Å². The van der Waals surface area contributed by atoms with Crippen molar-refractivity contribution in [3.63, 3.8) is 0 Å². The molecule has 1 aliphatic rings. The first-order chi connectivity index (χ1) is 13.5. The number of carbonyl (C=O) groups is 1. The van der Waals surface area contributed by atoms with Crippen LogP contribution < -0.4 is 5.73 Å². The number of benzene rings is 1. The average Bonchev–Trinajstić information content (AvgIpc) is 3.27. The zero-order chi connectivity index (χ0) is 19.7. The topological polar surface area (TPSA) is 85.2 Å². The van der Waals surface area contributed by atoms with Crippen LogP contribution in [0.5, 0.6) is 0 Å². The molecular weight excluding hydrogens is 379 g/mol. The molecule has 4 rings (SSSR count). The number of nitrogen functional groups attached to an aromatic ring is 1. The van der Waals surface area contributed by atoms with Crippen LogP contribution in [-0.4, -0.2) is 33.9 Å². The summed E-state index contributed by atoms with van der Waals surface area (Å²) in [6, 6.07) is 6.45. The first-order valence-electron chi connectivity index (χ1n) is 9.21. The Morgan fingerprint density at radius 2 is 2.32 bits per heavy atom. The van der Waals surface area contributed by atoms with Gasteiger partial charge in [-0.25, -0.2) is 14.4 Å². The fourth-order valence-electron chi connectivity index (χ4n) is 3.56. The number of halogens is 1. The molecule has 2 aromatic heterocycles. The molecule has 0 spiro atoms. The zero-order valence-electron chi connectivity index (χ0n) is 15.5. The summed E-state index contributed by atoms with van der Waals surface area (Å²) in [6.45, 7) is 3.05. The van der Waals surface area contributed by atoms with Crippen LogP contribution in [0, 0.1) is 12.7 Å². The van der Waals surface area contributed by atoms with Crippen LogP contribution in [0.1, 0.15) is 51.3 Å². The van der Waals surface area contributed by atoms with Gasteiger partial charge >= 0.3 is 0 Å². The number of anilines is 1. The number of carbonyl (C=O) groups excluding carboxylic acids is 1. The number of nitrogens with two attached hydrogens (primary N) is 1. The van der Waals surface area contributed by atoms with Gasteiger partial charge in [0.15, 0.2) is 11.0 Å².